The Labute approximate surface area is 137 Å². The van der Waals surface area contributed by atoms with Gasteiger partial charge in [-0.05, 0) is 24.6 Å². The number of benzene rings is 1. The molecule has 0 atom stereocenters. The van der Waals surface area contributed by atoms with Crippen LogP contribution in [0.25, 0.3) is 0 Å². The Hall–Kier alpha value is -2.34. The average molecular weight is 360 g/mol. The third kappa shape index (κ3) is 3.76. The minimum absolute atomic E-state index is 0.125. The van der Waals surface area contributed by atoms with E-state index in [0.717, 1.165) is 12.1 Å². The number of nitrogens with zero attached hydrogens (tertiary/aromatic N) is 1. The maximum absolute atomic E-state index is 13.5. The monoisotopic (exact) mass is 360 g/mol. The third-order valence-electron chi connectivity index (χ3n) is 3.15. The summed E-state index contributed by atoms with van der Waals surface area (Å²) in [5.41, 5.74) is -3.11. The van der Waals surface area contributed by atoms with Crippen molar-refractivity contribution in [3.8, 4) is 6.07 Å². The molecule has 0 radical (unpaired) electrons. The molecule has 0 fully saturated rings. The lowest BCUT2D eigenvalue weighted by Crippen LogP contribution is -2.17. The first-order chi connectivity index (χ1) is 11.1. The van der Waals surface area contributed by atoms with Crippen LogP contribution in [0.1, 0.15) is 22.3 Å². The number of hydrogen-bond acceptors (Lipinski definition) is 3. The zero-order valence-electron chi connectivity index (χ0n) is 12.1. The maximum atomic E-state index is 13.5. The highest BCUT2D eigenvalue weighted by molar-refractivity contribution is 7.98. The summed E-state index contributed by atoms with van der Waals surface area (Å²) in [7, 11) is 0. The number of thioether (sulfide) groups is 1. The molecule has 9 heteroatoms. The van der Waals surface area contributed by atoms with E-state index in [1.165, 1.54) is 13.0 Å². The number of aromatic amines is 1. The Bertz CT molecular complexity index is 860. The molecule has 0 bridgehead atoms. The van der Waals surface area contributed by atoms with Gasteiger partial charge in [0.1, 0.15) is 17.7 Å². The smallest absolute Gasteiger partial charge is 0.316 e. The molecular formula is C15H9F5N2OS. The number of pyridine rings is 1. The van der Waals surface area contributed by atoms with E-state index < -0.39 is 34.5 Å². The molecule has 126 valence electrons. The quantitative estimate of drug-likeness (QED) is 0.661. The Morgan fingerprint density at radius 3 is 2.29 bits per heavy atom. The molecule has 1 aromatic carbocycles. The number of H-pyrrole nitrogens is 1. The van der Waals surface area contributed by atoms with Crippen LogP contribution >= 0.6 is 11.8 Å². The molecule has 2 rings (SSSR count). The van der Waals surface area contributed by atoms with Crippen molar-refractivity contribution < 1.29 is 22.0 Å². The molecule has 3 nitrogen and oxygen atoms in total. The van der Waals surface area contributed by atoms with Crippen LogP contribution in [0.5, 0.6) is 0 Å². The van der Waals surface area contributed by atoms with E-state index in [0.29, 0.717) is 17.8 Å². The first-order valence-corrected chi connectivity index (χ1v) is 7.44. The van der Waals surface area contributed by atoms with Crippen molar-refractivity contribution >= 4 is 11.8 Å². The van der Waals surface area contributed by atoms with Crippen molar-refractivity contribution in [1.82, 2.24) is 4.98 Å². The van der Waals surface area contributed by atoms with Crippen LogP contribution in [0.15, 0.2) is 28.0 Å². The Balaban J connectivity index is 2.39. The van der Waals surface area contributed by atoms with Crippen LogP contribution in [-0.2, 0) is 11.9 Å². The topological polar surface area (TPSA) is 56.6 Å². The molecule has 24 heavy (non-hydrogen) atoms. The molecular weight excluding hydrogens is 351 g/mol. The van der Waals surface area contributed by atoms with E-state index in [-0.39, 0.29) is 21.9 Å². The molecule has 0 saturated heterocycles. The predicted octanol–water partition coefficient (Wildman–Crippen LogP) is 4.14. The largest absolute Gasteiger partial charge is 0.417 e. The fourth-order valence-electron chi connectivity index (χ4n) is 1.92. The number of rotatable bonds is 3. The fourth-order valence-corrected chi connectivity index (χ4v) is 2.87. The summed E-state index contributed by atoms with van der Waals surface area (Å²) in [5, 5.41) is 8.66. The predicted molar refractivity (Wildman–Crippen MR) is 77.4 cm³/mol. The van der Waals surface area contributed by atoms with E-state index in [1.807, 2.05) is 0 Å². The first kappa shape index (κ1) is 18.0. The van der Waals surface area contributed by atoms with Crippen LogP contribution in [0.2, 0.25) is 0 Å². The molecule has 1 heterocycles. The minimum atomic E-state index is -4.86. The summed E-state index contributed by atoms with van der Waals surface area (Å²) in [5.74, 6) is -1.70. The van der Waals surface area contributed by atoms with Gasteiger partial charge in [-0.25, -0.2) is 8.78 Å². The molecule has 0 amide bonds. The Morgan fingerprint density at radius 2 is 1.79 bits per heavy atom. The lowest BCUT2D eigenvalue weighted by atomic mass is 10.1. The summed E-state index contributed by atoms with van der Waals surface area (Å²) in [6.45, 7) is 1.25. The SMILES string of the molecule is Cc1c(F)cc(CSc2[nH]c(=O)cc(C(F)(F)F)c2C#N)cc1F. The van der Waals surface area contributed by atoms with Crippen LogP contribution in [-0.4, -0.2) is 4.98 Å². The fraction of sp³-hybridized carbons (Fsp3) is 0.200. The molecule has 0 aliphatic carbocycles. The summed E-state index contributed by atoms with van der Waals surface area (Å²) >= 11 is 0.681. The van der Waals surface area contributed by atoms with Gasteiger partial charge in [-0.2, -0.15) is 18.4 Å². The highest BCUT2D eigenvalue weighted by Crippen LogP contribution is 2.35. The second-order valence-electron chi connectivity index (χ2n) is 4.83. The van der Waals surface area contributed by atoms with Crippen molar-refractivity contribution in [2.45, 2.75) is 23.9 Å². The molecule has 1 N–H and O–H groups in total. The second kappa shape index (κ2) is 6.65. The van der Waals surface area contributed by atoms with Gasteiger partial charge in [-0.1, -0.05) is 0 Å². The Kier molecular flexibility index (Phi) is 4.99. The lowest BCUT2D eigenvalue weighted by Gasteiger charge is -2.11. The summed E-state index contributed by atoms with van der Waals surface area (Å²) in [6.07, 6.45) is -4.86. The molecule has 0 aliphatic heterocycles. The van der Waals surface area contributed by atoms with Crippen LogP contribution < -0.4 is 5.56 Å². The van der Waals surface area contributed by atoms with Gasteiger partial charge in [0, 0.05) is 17.4 Å². The lowest BCUT2D eigenvalue weighted by molar-refractivity contribution is -0.138. The molecule has 2 aromatic rings. The zero-order valence-corrected chi connectivity index (χ0v) is 12.9. The minimum Gasteiger partial charge on any atom is -0.316 e. The van der Waals surface area contributed by atoms with Crippen molar-refractivity contribution in [3.05, 3.63) is 62.4 Å². The number of halogens is 5. The highest BCUT2D eigenvalue weighted by Gasteiger charge is 2.35. The number of aromatic nitrogens is 1. The van der Waals surface area contributed by atoms with Gasteiger partial charge in [0.05, 0.1) is 16.2 Å². The average Bonchev–Trinajstić information content (AvgIpc) is 2.48. The van der Waals surface area contributed by atoms with Crippen molar-refractivity contribution in [1.29, 1.82) is 5.26 Å². The maximum Gasteiger partial charge on any atom is 0.417 e. The standard InChI is InChI=1S/C15H9F5N2OS/c1-7-11(16)2-8(3-12(7)17)6-24-14-9(5-21)10(15(18,19)20)4-13(23)22-14/h2-4H,6H2,1H3,(H,22,23). The van der Waals surface area contributed by atoms with E-state index in [9.17, 15) is 26.7 Å². The number of alkyl halides is 3. The Morgan fingerprint density at radius 1 is 1.21 bits per heavy atom. The van der Waals surface area contributed by atoms with Gasteiger partial charge in [-0.15, -0.1) is 11.8 Å². The molecule has 0 unspecified atom stereocenters. The first-order valence-electron chi connectivity index (χ1n) is 6.45. The van der Waals surface area contributed by atoms with Crippen molar-refractivity contribution in [2.75, 3.05) is 0 Å². The van der Waals surface area contributed by atoms with Gasteiger partial charge in [0.25, 0.3) is 0 Å². The van der Waals surface area contributed by atoms with E-state index in [2.05, 4.69) is 4.98 Å². The van der Waals surface area contributed by atoms with Crippen LogP contribution in [0.4, 0.5) is 22.0 Å². The van der Waals surface area contributed by atoms with E-state index >= 15 is 0 Å². The van der Waals surface area contributed by atoms with Crippen LogP contribution in [0.3, 0.4) is 0 Å². The molecule has 0 saturated carbocycles. The van der Waals surface area contributed by atoms with Gasteiger partial charge < -0.3 is 4.98 Å². The van der Waals surface area contributed by atoms with Gasteiger partial charge in [-0.3, -0.25) is 4.79 Å². The van der Waals surface area contributed by atoms with Gasteiger partial charge in [0.2, 0.25) is 5.56 Å². The third-order valence-corrected chi connectivity index (χ3v) is 4.22. The number of hydrogen-bond donors (Lipinski definition) is 1. The summed E-state index contributed by atoms with van der Waals surface area (Å²) in [6, 6.07) is 3.80. The summed E-state index contributed by atoms with van der Waals surface area (Å²) in [4.78, 5) is 13.5. The van der Waals surface area contributed by atoms with E-state index in [1.54, 1.807) is 0 Å². The molecule has 0 spiro atoms. The number of nitrogens with one attached hydrogen (secondary N) is 1. The molecule has 0 aliphatic rings. The van der Waals surface area contributed by atoms with Gasteiger partial charge in [0.15, 0.2) is 0 Å². The second-order valence-corrected chi connectivity index (χ2v) is 5.82. The molecule has 1 aromatic heterocycles. The van der Waals surface area contributed by atoms with Crippen LogP contribution in [0, 0.1) is 29.9 Å². The summed E-state index contributed by atoms with van der Waals surface area (Å²) < 4.78 is 65.7. The zero-order chi connectivity index (χ0) is 18.1. The number of nitriles is 1. The van der Waals surface area contributed by atoms with Crippen molar-refractivity contribution in [2.24, 2.45) is 0 Å². The highest BCUT2D eigenvalue weighted by atomic mass is 32.2. The van der Waals surface area contributed by atoms with E-state index in [4.69, 9.17) is 5.26 Å². The van der Waals surface area contributed by atoms with Gasteiger partial charge >= 0.3 is 6.18 Å². The normalized spacial score (nSPS) is 11.4. The van der Waals surface area contributed by atoms with Crippen molar-refractivity contribution in [3.63, 3.8) is 0 Å².